The summed E-state index contributed by atoms with van der Waals surface area (Å²) in [7, 11) is 6.25. The average Bonchev–Trinajstić information content (AvgIpc) is 0.811. The van der Waals surface area contributed by atoms with Crippen molar-refractivity contribution in [2.24, 2.45) is 0 Å². The molecule has 0 aromatic rings. The highest BCUT2D eigenvalue weighted by Gasteiger charge is 1.61. The summed E-state index contributed by atoms with van der Waals surface area (Å²) in [4.78, 5) is 1.42. The lowest BCUT2D eigenvalue weighted by Crippen LogP contribution is -3.02. The predicted octanol–water partition coefficient (Wildman–Crippen LogP) is -7.23. The Labute approximate surface area is 51.5 Å². The van der Waals surface area contributed by atoms with Crippen molar-refractivity contribution in [3.63, 3.8) is 0 Å². The fourth-order valence-electron chi connectivity index (χ4n) is 0. The standard InChI is InChI=1S/C3H9N.2ClH/c1-4(2)3;;/h1-3H3;2*1H/p-1. The highest BCUT2D eigenvalue weighted by atomic mass is 35.5. The maximum atomic E-state index is 2.08. The summed E-state index contributed by atoms with van der Waals surface area (Å²) in [6, 6.07) is 0. The van der Waals surface area contributed by atoms with Crippen LogP contribution < -0.4 is 29.7 Å². The zero-order valence-electron chi connectivity index (χ0n) is 4.26. The van der Waals surface area contributed by atoms with Gasteiger partial charge < -0.3 is 29.7 Å². The SMILES string of the molecule is C[NH+](C)C.[Cl-].[Cl-]. The number of quaternary nitrogens is 1. The van der Waals surface area contributed by atoms with E-state index in [1.165, 1.54) is 4.90 Å². The van der Waals surface area contributed by atoms with Gasteiger partial charge in [0.2, 0.25) is 0 Å². The Morgan fingerprint density at radius 1 is 0.833 bits per heavy atom. The van der Waals surface area contributed by atoms with Crippen LogP contribution in [-0.2, 0) is 0 Å². The molecule has 0 fully saturated rings. The van der Waals surface area contributed by atoms with Gasteiger partial charge in [0, 0.05) is 0 Å². The van der Waals surface area contributed by atoms with Crippen LogP contribution in [-0.4, -0.2) is 21.1 Å². The minimum atomic E-state index is 0. The van der Waals surface area contributed by atoms with E-state index < -0.39 is 0 Å². The lowest BCUT2D eigenvalue weighted by Gasteiger charge is -1.88. The summed E-state index contributed by atoms with van der Waals surface area (Å²) in [6.07, 6.45) is 0. The van der Waals surface area contributed by atoms with Crippen LogP contribution in [0.25, 0.3) is 0 Å². The molecule has 42 valence electrons. The Hall–Kier alpha value is 0.540. The second-order valence-electron chi connectivity index (χ2n) is 1.50. The molecule has 0 radical (unpaired) electrons. The molecule has 0 aromatic heterocycles. The zero-order valence-corrected chi connectivity index (χ0v) is 5.77. The number of hydrogen-bond acceptors (Lipinski definition) is 0. The highest BCUT2D eigenvalue weighted by Crippen LogP contribution is 0.864. The summed E-state index contributed by atoms with van der Waals surface area (Å²) < 4.78 is 0. The van der Waals surface area contributed by atoms with Gasteiger partial charge in [0.05, 0.1) is 21.1 Å². The molecule has 1 nitrogen and oxygen atoms in total. The molecule has 0 aliphatic rings. The fourth-order valence-corrected chi connectivity index (χ4v) is 0. The number of hydrogen-bond donors (Lipinski definition) is 1. The van der Waals surface area contributed by atoms with Gasteiger partial charge >= 0.3 is 0 Å². The minimum Gasteiger partial charge on any atom is -1.00 e. The van der Waals surface area contributed by atoms with Gasteiger partial charge in [-0.25, -0.2) is 0 Å². The van der Waals surface area contributed by atoms with Crippen molar-refractivity contribution in [1.82, 2.24) is 0 Å². The first-order valence-corrected chi connectivity index (χ1v) is 1.50. The van der Waals surface area contributed by atoms with E-state index in [9.17, 15) is 0 Å². The average molecular weight is 131 g/mol. The Morgan fingerprint density at radius 3 is 0.833 bits per heavy atom. The van der Waals surface area contributed by atoms with E-state index >= 15 is 0 Å². The molecule has 0 unspecified atom stereocenters. The highest BCUT2D eigenvalue weighted by molar-refractivity contribution is 3.59. The summed E-state index contributed by atoms with van der Waals surface area (Å²) in [6.45, 7) is 0. The van der Waals surface area contributed by atoms with E-state index in [2.05, 4.69) is 21.1 Å². The summed E-state index contributed by atoms with van der Waals surface area (Å²) in [5.41, 5.74) is 0. The van der Waals surface area contributed by atoms with Crippen molar-refractivity contribution in [2.45, 2.75) is 0 Å². The topological polar surface area (TPSA) is 4.44 Å². The molecule has 0 amide bonds. The normalized spacial score (nSPS) is 6.00. The van der Waals surface area contributed by atoms with Crippen LogP contribution >= 0.6 is 0 Å². The Bertz CT molecular complexity index is 13.5. The van der Waals surface area contributed by atoms with Crippen LogP contribution in [0.1, 0.15) is 0 Å². The van der Waals surface area contributed by atoms with Gasteiger partial charge in [-0.15, -0.1) is 0 Å². The van der Waals surface area contributed by atoms with Gasteiger partial charge in [-0.2, -0.15) is 0 Å². The molecule has 0 aromatic carbocycles. The fraction of sp³-hybridized carbons (Fsp3) is 1.00. The van der Waals surface area contributed by atoms with Gasteiger partial charge in [-0.3, -0.25) is 0 Å². The largest absolute Gasteiger partial charge is 1.00 e. The maximum absolute atomic E-state index is 2.08. The van der Waals surface area contributed by atoms with Crippen molar-refractivity contribution in [2.75, 3.05) is 21.1 Å². The lowest BCUT2D eigenvalue weighted by molar-refractivity contribution is -0.836. The maximum Gasteiger partial charge on any atom is 0.0661 e. The molecule has 3 heteroatoms. The second kappa shape index (κ2) is 9.11. The predicted molar refractivity (Wildman–Crippen MR) is 18.7 cm³/mol. The second-order valence-corrected chi connectivity index (χ2v) is 1.50. The van der Waals surface area contributed by atoms with Crippen LogP contribution in [0.4, 0.5) is 0 Å². The molecule has 6 heavy (non-hydrogen) atoms. The van der Waals surface area contributed by atoms with E-state index in [0.29, 0.717) is 0 Å². The molecule has 0 bridgehead atoms. The quantitative estimate of drug-likeness (QED) is 0.333. The van der Waals surface area contributed by atoms with E-state index in [4.69, 9.17) is 0 Å². The monoisotopic (exact) mass is 130 g/mol. The molecule has 0 heterocycles. The van der Waals surface area contributed by atoms with E-state index in [1.807, 2.05) is 0 Å². The molecular formula is C3H10Cl2N-. The molecule has 1 N–H and O–H groups in total. The lowest BCUT2D eigenvalue weighted by atomic mass is 11.0. The molecule has 0 aliphatic heterocycles. The Balaban J connectivity index is -0.0000000450. The van der Waals surface area contributed by atoms with Crippen LogP contribution in [0.5, 0.6) is 0 Å². The van der Waals surface area contributed by atoms with Crippen molar-refractivity contribution >= 4 is 0 Å². The minimum absolute atomic E-state index is 0. The number of rotatable bonds is 0. The molecular weight excluding hydrogens is 121 g/mol. The van der Waals surface area contributed by atoms with E-state index in [1.54, 1.807) is 0 Å². The van der Waals surface area contributed by atoms with Crippen molar-refractivity contribution in [3.8, 4) is 0 Å². The van der Waals surface area contributed by atoms with Crippen molar-refractivity contribution in [1.29, 1.82) is 0 Å². The molecule has 0 saturated heterocycles. The van der Waals surface area contributed by atoms with Gasteiger partial charge in [-0.05, 0) is 0 Å². The first kappa shape index (κ1) is 16.0. The third-order valence-corrected chi connectivity index (χ3v) is 0. The Kier molecular flexibility index (Phi) is 24.3. The van der Waals surface area contributed by atoms with Crippen LogP contribution in [0.2, 0.25) is 0 Å². The summed E-state index contributed by atoms with van der Waals surface area (Å²) in [5, 5.41) is 0. The van der Waals surface area contributed by atoms with E-state index in [0.717, 1.165) is 0 Å². The third-order valence-electron chi connectivity index (χ3n) is 0. The van der Waals surface area contributed by atoms with Gasteiger partial charge in [0.1, 0.15) is 0 Å². The van der Waals surface area contributed by atoms with Crippen molar-refractivity contribution in [3.05, 3.63) is 0 Å². The molecule has 0 rings (SSSR count). The summed E-state index contributed by atoms with van der Waals surface area (Å²) >= 11 is 0. The smallest absolute Gasteiger partial charge is 0.0661 e. The Morgan fingerprint density at radius 2 is 0.833 bits per heavy atom. The molecule has 0 spiro atoms. The number of halogens is 2. The van der Waals surface area contributed by atoms with Gasteiger partial charge in [-0.1, -0.05) is 0 Å². The zero-order chi connectivity index (χ0) is 3.58. The molecule has 0 aliphatic carbocycles. The van der Waals surface area contributed by atoms with Crippen molar-refractivity contribution < 1.29 is 29.7 Å². The number of nitrogens with one attached hydrogen (secondary N) is 1. The van der Waals surface area contributed by atoms with Crippen LogP contribution in [0, 0.1) is 0 Å². The van der Waals surface area contributed by atoms with E-state index in [-0.39, 0.29) is 24.8 Å². The summed E-state index contributed by atoms with van der Waals surface area (Å²) in [5.74, 6) is 0. The third kappa shape index (κ3) is 195. The van der Waals surface area contributed by atoms with Gasteiger partial charge in [0.15, 0.2) is 0 Å². The van der Waals surface area contributed by atoms with Crippen LogP contribution in [0.15, 0.2) is 0 Å². The first-order valence-electron chi connectivity index (χ1n) is 1.50. The van der Waals surface area contributed by atoms with Gasteiger partial charge in [0.25, 0.3) is 0 Å². The molecule has 0 saturated carbocycles. The molecule has 0 atom stereocenters. The van der Waals surface area contributed by atoms with Crippen LogP contribution in [0.3, 0.4) is 0 Å². The first-order chi connectivity index (χ1) is 1.73.